The van der Waals surface area contributed by atoms with Gasteiger partial charge in [0.25, 0.3) is 0 Å². The standard InChI is InChI=1S/C14H21FN2O/c1-10(11-5-3-4-6-12(11)15)17(2)14-9-18-8-7-13(14)16/h3-6,10,13-14H,7-9,16H2,1-2H3. The quantitative estimate of drug-likeness (QED) is 0.893. The Morgan fingerprint density at radius 2 is 2.17 bits per heavy atom. The Balaban J connectivity index is 2.13. The van der Waals surface area contributed by atoms with Crippen molar-refractivity contribution in [2.45, 2.75) is 31.5 Å². The van der Waals surface area contributed by atoms with E-state index < -0.39 is 0 Å². The van der Waals surface area contributed by atoms with E-state index in [1.165, 1.54) is 6.07 Å². The molecular weight excluding hydrogens is 231 g/mol. The average Bonchev–Trinajstić information content (AvgIpc) is 2.38. The number of likely N-dealkylation sites (N-methyl/N-ethyl adjacent to an activating group) is 1. The van der Waals surface area contributed by atoms with Crippen molar-refractivity contribution in [1.82, 2.24) is 4.90 Å². The molecule has 0 amide bonds. The fraction of sp³-hybridized carbons (Fsp3) is 0.571. The predicted octanol–water partition coefficient (Wildman–Crippen LogP) is 1.93. The van der Waals surface area contributed by atoms with E-state index in [9.17, 15) is 4.39 Å². The highest BCUT2D eigenvalue weighted by molar-refractivity contribution is 5.21. The minimum Gasteiger partial charge on any atom is -0.380 e. The molecule has 1 aromatic rings. The highest BCUT2D eigenvalue weighted by atomic mass is 19.1. The zero-order valence-electron chi connectivity index (χ0n) is 11.0. The number of ether oxygens (including phenoxy) is 1. The smallest absolute Gasteiger partial charge is 0.127 e. The molecule has 1 heterocycles. The van der Waals surface area contributed by atoms with Gasteiger partial charge in [0, 0.05) is 30.3 Å². The van der Waals surface area contributed by atoms with E-state index in [0.717, 1.165) is 13.0 Å². The highest BCUT2D eigenvalue weighted by Crippen LogP contribution is 2.25. The second-order valence-corrected chi connectivity index (χ2v) is 4.96. The van der Waals surface area contributed by atoms with Crippen LogP contribution in [0.25, 0.3) is 0 Å². The molecular formula is C14H21FN2O. The molecule has 0 aliphatic carbocycles. The molecule has 3 atom stereocenters. The van der Waals surface area contributed by atoms with Crippen molar-refractivity contribution in [3.8, 4) is 0 Å². The summed E-state index contributed by atoms with van der Waals surface area (Å²) in [6, 6.07) is 7.12. The monoisotopic (exact) mass is 252 g/mol. The van der Waals surface area contributed by atoms with Crippen LogP contribution < -0.4 is 5.73 Å². The third-order valence-electron chi connectivity index (χ3n) is 3.87. The summed E-state index contributed by atoms with van der Waals surface area (Å²) >= 11 is 0. The molecule has 3 unspecified atom stereocenters. The van der Waals surface area contributed by atoms with E-state index in [2.05, 4.69) is 4.90 Å². The van der Waals surface area contributed by atoms with Crippen molar-refractivity contribution in [2.75, 3.05) is 20.3 Å². The van der Waals surface area contributed by atoms with Crippen LogP contribution in [0.3, 0.4) is 0 Å². The molecule has 1 fully saturated rings. The van der Waals surface area contributed by atoms with Crippen molar-refractivity contribution in [1.29, 1.82) is 0 Å². The summed E-state index contributed by atoms with van der Waals surface area (Å²) in [6.07, 6.45) is 0.860. The van der Waals surface area contributed by atoms with Crippen LogP contribution in [0, 0.1) is 5.82 Å². The second-order valence-electron chi connectivity index (χ2n) is 4.96. The summed E-state index contributed by atoms with van der Waals surface area (Å²) < 4.78 is 19.3. The third kappa shape index (κ3) is 2.71. The van der Waals surface area contributed by atoms with Gasteiger partial charge in [0.1, 0.15) is 5.82 Å². The lowest BCUT2D eigenvalue weighted by Crippen LogP contribution is -2.52. The van der Waals surface area contributed by atoms with Crippen LogP contribution in [-0.2, 0) is 4.74 Å². The van der Waals surface area contributed by atoms with Gasteiger partial charge in [0.2, 0.25) is 0 Å². The molecule has 1 aromatic carbocycles. The van der Waals surface area contributed by atoms with E-state index in [1.807, 2.05) is 26.1 Å². The molecule has 0 spiro atoms. The number of hydrogen-bond acceptors (Lipinski definition) is 3. The van der Waals surface area contributed by atoms with Crippen LogP contribution >= 0.6 is 0 Å². The van der Waals surface area contributed by atoms with Crippen LogP contribution in [0.1, 0.15) is 24.9 Å². The van der Waals surface area contributed by atoms with E-state index in [0.29, 0.717) is 12.2 Å². The lowest BCUT2D eigenvalue weighted by Gasteiger charge is -2.39. The summed E-state index contributed by atoms with van der Waals surface area (Å²) in [6.45, 7) is 3.34. The maximum absolute atomic E-state index is 13.8. The Bertz CT molecular complexity index is 399. The van der Waals surface area contributed by atoms with Gasteiger partial charge in [-0.15, -0.1) is 0 Å². The van der Waals surface area contributed by atoms with E-state index in [4.69, 9.17) is 10.5 Å². The van der Waals surface area contributed by atoms with E-state index in [-0.39, 0.29) is 23.9 Å². The average molecular weight is 252 g/mol. The van der Waals surface area contributed by atoms with Crippen molar-refractivity contribution < 1.29 is 9.13 Å². The lowest BCUT2D eigenvalue weighted by atomic mass is 9.99. The molecule has 0 radical (unpaired) electrons. The highest BCUT2D eigenvalue weighted by Gasteiger charge is 2.29. The van der Waals surface area contributed by atoms with Crippen LogP contribution in [0.5, 0.6) is 0 Å². The topological polar surface area (TPSA) is 38.5 Å². The summed E-state index contributed by atoms with van der Waals surface area (Å²) in [5.74, 6) is -0.165. The number of benzene rings is 1. The molecule has 2 N–H and O–H groups in total. The van der Waals surface area contributed by atoms with Gasteiger partial charge in [-0.1, -0.05) is 18.2 Å². The summed E-state index contributed by atoms with van der Waals surface area (Å²) in [4.78, 5) is 2.11. The first-order valence-electron chi connectivity index (χ1n) is 6.41. The van der Waals surface area contributed by atoms with Crippen molar-refractivity contribution in [3.05, 3.63) is 35.6 Å². The Morgan fingerprint density at radius 1 is 1.44 bits per heavy atom. The number of halogens is 1. The first-order valence-corrected chi connectivity index (χ1v) is 6.41. The zero-order chi connectivity index (χ0) is 13.1. The molecule has 2 rings (SSSR count). The molecule has 1 aliphatic heterocycles. The van der Waals surface area contributed by atoms with Crippen LogP contribution in [0.15, 0.2) is 24.3 Å². The van der Waals surface area contributed by atoms with Crippen molar-refractivity contribution in [3.63, 3.8) is 0 Å². The number of nitrogens with two attached hydrogens (primary N) is 1. The Hall–Kier alpha value is -0.970. The van der Waals surface area contributed by atoms with Gasteiger partial charge in [-0.25, -0.2) is 4.39 Å². The summed E-state index contributed by atoms with van der Waals surface area (Å²) in [5, 5.41) is 0. The molecule has 3 nitrogen and oxygen atoms in total. The molecule has 100 valence electrons. The van der Waals surface area contributed by atoms with Gasteiger partial charge in [-0.05, 0) is 26.5 Å². The summed E-state index contributed by atoms with van der Waals surface area (Å²) in [7, 11) is 1.98. The molecule has 18 heavy (non-hydrogen) atoms. The van der Waals surface area contributed by atoms with Gasteiger partial charge in [0.05, 0.1) is 6.61 Å². The van der Waals surface area contributed by atoms with E-state index >= 15 is 0 Å². The van der Waals surface area contributed by atoms with Crippen LogP contribution in [-0.4, -0.2) is 37.2 Å². The SMILES string of the molecule is CC(c1ccccc1F)N(C)C1COCCC1N. The van der Waals surface area contributed by atoms with Crippen LogP contribution in [0.4, 0.5) is 4.39 Å². The zero-order valence-corrected chi connectivity index (χ0v) is 11.0. The molecule has 0 saturated carbocycles. The Kier molecular flexibility index (Phi) is 4.32. The predicted molar refractivity (Wildman–Crippen MR) is 69.8 cm³/mol. The normalized spacial score (nSPS) is 26.3. The maximum Gasteiger partial charge on any atom is 0.127 e. The van der Waals surface area contributed by atoms with Gasteiger partial charge in [-0.3, -0.25) is 4.90 Å². The molecule has 0 bridgehead atoms. The number of nitrogens with zero attached hydrogens (tertiary/aromatic N) is 1. The van der Waals surface area contributed by atoms with E-state index in [1.54, 1.807) is 6.07 Å². The first kappa shape index (κ1) is 13.5. The number of rotatable bonds is 3. The maximum atomic E-state index is 13.8. The second kappa shape index (κ2) is 5.78. The third-order valence-corrected chi connectivity index (χ3v) is 3.87. The molecule has 1 aliphatic rings. The fourth-order valence-corrected chi connectivity index (χ4v) is 2.48. The fourth-order valence-electron chi connectivity index (χ4n) is 2.48. The lowest BCUT2D eigenvalue weighted by molar-refractivity contribution is 0.00200. The number of hydrogen-bond donors (Lipinski definition) is 1. The van der Waals surface area contributed by atoms with Gasteiger partial charge in [0.15, 0.2) is 0 Å². The van der Waals surface area contributed by atoms with Crippen molar-refractivity contribution in [2.24, 2.45) is 5.73 Å². The Labute approximate surface area is 108 Å². The van der Waals surface area contributed by atoms with Crippen LogP contribution in [0.2, 0.25) is 0 Å². The van der Waals surface area contributed by atoms with Gasteiger partial charge >= 0.3 is 0 Å². The molecule has 4 heteroatoms. The van der Waals surface area contributed by atoms with Gasteiger partial charge < -0.3 is 10.5 Å². The minimum atomic E-state index is -0.165. The minimum absolute atomic E-state index is 0.0102. The first-order chi connectivity index (χ1) is 8.61. The largest absolute Gasteiger partial charge is 0.380 e. The van der Waals surface area contributed by atoms with Gasteiger partial charge in [-0.2, -0.15) is 0 Å². The molecule has 0 aromatic heterocycles. The summed E-state index contributed by atoms with van der Waals surface area (Å²) in [5.41, 5.74) is 6.82. The molecule has 1 saturated heterocycles. The Morgan fingerprint density at radius 3 is 2.83 bits per heavy atom. The van der Waals surface area contributed by atoms with Crippen molar-refractivity contribution >= 4 is 0 Å².